The first kappa shape index (κ1) is 21.0. The molecule has 0 saturated carbocycles. The monoisotopic (exact) mass is 420 g/mol. The van der Waals surface area contributed by atoms with Crippen molar-refractivity contribution in [3.63, 3.8) is 0 Å². The molecule has 2 saturated heterocycles. The van der Waals surface area contributed by atoms with Crippen molar-refractivity contribution in [1.82, 2.24) is 14.9 Å². The molecule has 3 N–H and O–H groups in total. The zero-order valence-electron chi connectivity index (χ0n) is 17.3. The summed E-state index contributed by atoms with van der Waals surface area (Å²) in [5.74, 6) is 5.27. The molecule has 0 spiro atoms. The molecule has 4 rings (SSSR count). The summed E-state index contributed by atoms with van der Waals surface area (Å²) < 4.78 is 5.40. The Labute approximate surface area is 180 Å². The van der Waals surface area contributed by atoms with E-state index in [2.05, 4.69) is 21.8 Å². The standard InChI is InChI=1S/C23H24N4O4/c1-27-9-8-23(30,22(27)29)7-5-15-3-2-4-17(11-15)21-25-13-18(19(26-21)20(24)28)12-16-6-10-31-14-16/h2-4,11,13,16,30H,6,8-10,12,14H2,1H3,(H2,24,28)/t16-,23+/m1/s1. The third-order valence-electron chi connectivity index (χ3n) is 5.67. The number of carbonyl (C=O) groups is 2. The predicted octanol–water partition coefficient (Wildman–Crippen LogP) is 0.766. The quantitative estimate of drug-likeness (QED) is 0.705. The maximum absolute atomic E-state index is 12.1. The predicted molar refractivity (Wildman–Crippen MR) is 113 cm³/mol. The van der Waals surface area contributed by atoms with Gasteiger partial charge in [-0.05, 0) is 30.9 Å². The molecule has 0 bridgehead atoms. The van der Waals surface area contributed by atoms with Gasteiger partial charge in [0, 0.05) is 56.1 Å². The molecule has 31 heavy (non-hydrogen) atoms. The molecule has 2 amide bonds. The highest BCUT2D eigenvalue weighted by Crippen LogP contribution is 2.23. The molecule has 1 aromatic carbocycles. The molecule has 8 heteroatoms. The minimum atomic E-state index is -1.66. The van der Waals surface area contributed by atoms with Crippen LogP contribution in [0.3, 0.4) is 0 Å². The summed E-state index contributed by atoms with van der Waals surface area (Å²) in [5.41, 5.74) is 6.10. The summed E-state index contributed by atoms with van der Waals surface area (Å²) in [7, 11) is 1.64. The molecule has 1 aromatic heterocycles. The number of nitrogens with two attached hydrogens (primary N) is 1. The first-order valence-corrected chi connectivity index (χ1v) is 10.2. The molecule has 2 aliphatic heterocycles. The van der Waals surface area contributed by atoms with Gasteiger partial charge in [0.1, 0.15) is 5.69 Å². The second-order valence-electron chi connectivity index (χ2n) is 8.03. The first-order valence-electron chi connectivity index (χ1n) is 10.2. The molecule has 0 radical (unpaired) electrons. The zero-order chi connectivity index (χ0) is 22.0. The Kier molecular flexibility index (Phi) is 5.72. The Morgan fingerprint density at radius 2 is 2.29 bits per heavy atom. The summed E-state index contributed by atoms with van der Waals surface area (Å²) in [6, 6.07) is 7.11. The lowest BCUT2D eigenvalue weighted by Gasteiger charge is -2.13. The molecule has 0 unspecified atom stereocenters. The van der Waals surface area contributed by atoms with Crippen LogP contribution < -0.4 is 5.73 Å². The zero-order valence-corrected chi connectivity index (χ0v) is 17.3. The number of primary amides is 1. The largest absolute Gasteiger partial charge is 0.381 e. The average molecular weight is 420 g/mol. The molecule has 0 aliphatic carbocycles. The smallest absolute Gasteiger partial charge is 0.267 e. The summed E-state index contributed by atoms with van der Waals surface area (Å²) in [4.78, 5) is 34.4. The Morgan fingerprint density at radius 3 is 2.97 bits per heavy atom. The van der Waals surface area contributed by atoms with Gasteiger partial charge in [0.05, 0.1) is 0 Å². The number of nitrogens with zero attached hydrogens (tertiary/aromatic N) is 3. The lowest BCUT2D eigenvalue weighted by atomic mass is 9.98. The van der Waals surface area contributed by atoms with Crippen molar-refractivity contribution in [3.05, 3.63) is 47.3 Å². The summed E-state index contributed by atoms with van der Waals surface area (Å²) >= 11 is 0. The minimum Gasteiger partial charge on any atom is -0.381 e. The Hall–Kier alpha value is -3.28. The van der Waals surface area contributed by atoms with Crippen molar-refractivity contribution in [2.45, 2.75) is 24.9 Å². The first-order chi connectivity index (χ1) is 14.9. The summed E-state index contributed by atoms with van der Waals surface area (Å²) in [6.07, 6.45) is 3.50. The van der Waals surface area contributed by atoms with Crippen LogP contribution in [0.2, 0.25) is 0 Å². The fourth-order valence-electron chi connectivity index (χ4n) is 3.85. The Morgan fingerprint density at radius 1 is 1.45 bits per heavy atom. The minimum absolute atomic E-state index is 0.210. The van der Waals surface area contributed by atoms with Crippen molar-refractivity contribution in [2.24, 2.45) is 11.7 Å². The van der Waals surface area contributed by atoms with Crippen LogP contribution in [0.1, 0.15) is 34.5 Å². The number of hydrogen-bond acceptors (Lipinski definition) is 6. The molecular formula is C23H24N4O4. The normalized spacial score (nSPS) is 23.0. The van der Waals surface area contributed by atoms with Crippen LogP contribution in [0, 0.1) is 17.8 Å². The van der Waals surface area contributed by atoms with E-state index in [0.29, 0.717) is 48.0 Å². The van der Waals surface area contributed by atoms with Gasteiger partial charge in [-0.3, -0.25) is 9.59 Å². The van der Waals surface area contributed by atoms with E-state index in [4.69, 9.17) is 10.5 Å². The van der Waals surface area contributed by atoms with Gasteiger partial charge in [0.15, 0.2) is 5.82 Å². The van der Waals surface area contributed by atoms with Gasteiger partial charge in [-0.15, -0.1) is 0 Å². The van der Waals surface area contributed by atoms with E-state index in [0.717, 1.165) is 13.0 Å². The van der Waals surface area contributed by atoms with Crippen molar-refractivity contribution < 1.29 is 19.4 Å². The Balaban J connectivity index is 1.60. The van der Waals surface area contributed by atoms with E-state index in [9.17, 15) is 14.7 Å². The van der Waals surface area contributed by atoms with E-state index >= 15 is 0 Å². The molecule has 3 heterocycles. The number of carbonyl (C=O) groups excluding carboxylic acids is 2. The van der Waals surface area contributed by atoms with Crippen molar-refractivity contribution in [3.8, 4) is 23.2 Å². The number of hydrogen-bond donors (Lipinski definition) is 2. The van der Waals surface area contributed by atoms with Crippen LogP contribution >= 0.6 is 0 Å². The van der Waals surface area contributed by atoms with E-state index in [1.807, 2.05) is 0 Å². The fourth-order valence-corrected chi connectivity index (χ4v) is 3.85. The van der Waals surface area contributed by atoms with Gasteiger partial charge >= 0.3 is 0 Å². The second kappa shape index (κ2) is 8.46. The number of aliphatic hydroxyl groups is 1. The van der Waals surface area contributed by atoms with Gasteiger partial charge in [-0.2, -0.15) is 0 Å². The van der Waals surface area contributed by atoms with Crippen LogP contribution in [-0.4, -0.2) is 64.2 Å². The second-order valence-corrected chi connectivity index (χ2v) is 8.03. The summed E-state index contributed by atoms with van der Waals surface area (Å²) in [6.45, 7) is 1.85. The molecule has 2 aromatic rings. The number of likely N-dealkylation sites (N-methyl/N-ethyl adjacent to an activating group) is 1. The third kappa shape index (κ3) is 4.43. The van der Waals surface area contributed by atoms with E-state index in [-0.39, 0.29) is 12.1 Å². The fraction of sp³-hybridized carbons (Fsp3) is 0.391. The number of benzene rings is 1. The van der Waals surface area contributed by atoms with Gasteiger partial charge in [0.25, 0.3) is 11.8 Å². The van der Waals surface area contributed by atoms with Crippen LogP contribution in [0.4, 0.5) is 0 Å². The van der Waals surface area contributed by atoms with Crippen molar-refractivity contribution in [1.29, 1.82) is 0 Å². The van der Waals surface area contributed by atoms with Gasteiger partial charge in [0.2, 0.25) is 5.60 Å². The van der Waals surface area contributed by atoms with Gasteiger partial charge in [-0.1, -0.05) is 24.0 Å². The highest BCUT2D eigenvalue weighted by atomic mass is 16.5. The third-order valence-corrected chi connectivity index (χ3v) is 5.67. The van der Waals surface area contributed by atoms with Crippen molar-refractivity contribution >= 4 is 11.8 Å². The van der Waals surface area contributed by atoms with Crippen LogP contribution in [0.5, 0.6) is 0 Å². The highest BCUT2D eigenvalue weighted by molar-refractivity contribution is 5.92. The average Bonchev–Trinajstić information content (AvgIpc) is 3.37. The molecule has 8 nitrogen and oxygen atoms in total. The van der Waals surface area contributed by atoms with Crippen LogP contribution in [0.25, 0.3) is 11.4 Å². The number of likely N-dealkylation sites (tertiary alicyclic amines) is 1. The SMILES string of the molecule is CN1CC[C@@](O)(C#Cc2cccc(-c3ncc(C[C@H]4CCOC4)c(C(N)=O)n3)c2)C1=O. The molecular weight excluding hydrogens is 396 g/mol. The van der Waals surface area contributed by atoms with Crippen molar-refractivity contribution in [2.75, 3.05) is 26.8 Å². The lowest BCUT2D eigenvalue weighted by Crippen LogP contribution is -2.37. The van der Waals surface area contributed by atoms with E-state index < -0.39 is 17.4 Å². The lowest BCUT2D eigenvalue weighted by molar-refractivity contribution is -0.137. The van der Waals surface area contributed by atoms with Crippen LogP contribution in [0.15, 0.2) is 30.5 Å². The molecule has 2 fully saturated rings. The summed E-state index contributed by atoms with van der Waals surface area (Å²) in [5, 5.41) is 10.5. The van der Waals surface area contributed by atoms with E-state index in [1.165, 1.54) is 4.90 Å². The molecule has 2 aliphatic rings. The molecule has 2 atom stereocenters. The maximum Gasteiger partial charge on any atom is 0.267 e. The number of amides is 2. The number of aromatic nitrogens is 2. The Bertz CT molecular complexity index is 1080. The number of rotatable bonds is 4. The molecule has 160 valence electrons. The maximum atomic E-state index is 12.1. The van der Waals surface area contributed by atoms with Gasteiger partial charge in [-0.25, -0.2) is 9.97 Å². The number of ether oxygens (including phenoxy) is 1. The van der Waals surface area contributed by atoms with E-state index in [1.54, 1.807) is 37.5 Å². The van der Waals surface area contributed by atoms with Gasteiger partial charge < -0.3 is 20.5 Å². The topological polar surface area (TPSA) is 119 Å². The highest BCUT2D eigenvalue weighted by Gasteiger charge is 2.42. The van der Waals surface area contributed by atoms with Crippen LogP contribution in [-0.2, 0) is 16.0 Å².